The molecule has 31 heavy (non-hydrogen) atoms. The van der Waals surface area contributed by atoms with Gasteiger partial charge in [0.25, 0.3) is 0 Å². The fraction of sp³-hybridized carbons (Fsp3) is 0.182. The number of aryl methyl sites for hydroxylation is 1. The molecule has 0 unspecified atom stereocenters. The molecule has 160 valence electrons. The van der Waals surface area contributed by atoms with E-state index < -0.39 is 0 Å². The van der Waals surface area contributed by atoms with Crippen LogP contribution >= 0.6 is 11.9 Å². The summed E-state index contributed by atoms with van der Waals surface area (Å²) in [5, 5.41) is 8.64. The number of methoxy groups -OCH3 is 2. The Labute approximate surface area is 183 Å². The number of aromatic nitrogens is 3. The number of nitrogens with one attached hydrogen (secondary N) is 1. The van der Waals surface area contributed by atoms with Crippen molar-refractivity contribution in [2.24, 2.45) is 0 Å². The summed E-state index contributed by atoms with van der Waals surface area (Å²) in [6.45, 7) is 0. The number of hydrogen-bond acceptors (Lipinski definition) is 7. The minimum absolute atomic E-state index is 0.237. The van der Waals surface area contributed by atoms with Gasteiger partial charge in [-0.25, -0.2) is 4.39 Å². The summed E-state index contributed by atoms with van der Waals surface area (Å²) < 4.78 is 34.9. The normalized spacial score (nSPS) is 10.8. The first-order chi connectivity index (χ1) is 15.2. The van der Waals surface area contributed by atoms with Gasteiger partial charge in [-0.15, -0.1) is 10.2 Å². The molecule has 0 bridgehead atoms. The van der Waals surface area contributed by atoms with Crippen LogP contribution in [0.5, 0.6) is 11.5 Å². The van der Waals surface area contributed by atoms with Crippen molar-refractivity contribution in [3.05, 3.63) is 72.2 Å². The Morgan fingerprint density at radius 1 is 1.00 bits per heavy atom. The Balaban J connectivity index is 1.63. The standard InChI is InChI=1S/C22H21FN4O3S/c1-28-17-5-3-6-18(29-2)20(17)27-21(19-7-4-13-30-19)24-25-22(27)26-31-14-12-15-8-10-16(23)11-9-15/h3-11,13H,12,14H2,1-2H3,(H,25,26). The fourth-order valence-corrected chi connectivity index (χ4v) is 3.82. The zero-order valence-corrected chi connectivity index (χ0v) is 17.9. The molecule has 0 radical (unpaired) electrons. The van der Waals surface area contributed by atoms with Gasteiger partial charge < -0.3 is 13.9 Å². The molecule has 2 aromatic carbocycles. The second-order valence-electron chi connectivity index (χ2n) is 6.50. The summed E-state index contributed by atoms with van der Waals surface area (Å²) >= 11 is 1.47. The van der Waals surface area contributed by atoms with Gasteiger partial charge in [0.1, 0.15) is 23.0 Å². The molecule has 0 amide bonds. The first kappa shape index (κ1) is 20.8. The minimum Gasteiger partial charge on any atom is -0.494 e. The summed E-state index contributed by atoms with van der Waals surface area (Å²) in [6, 6.07) is 15.6. The predicted octanol–water partition coefficient (Wildman–Crippen LogP) is 4.99. The van der Waals surface area contributed by atoms with Crippen LogP contribution in [-0.4, -0.2) is 34.7 Å². The summed E-state index contributed by atoms with van der Waals surface area (Å²) in [4.78, 5) is 0. The van der Waals surface area contributed by atoms with E-state index in [1.807, 2.05) is 24.3 Å². The molecule has 1 N–H and O–H groups in total. The lowest BCUT2D eigenvalue weighted by Gasteiger charge is -2.16. The molecule has 4 rings (SSSR count). The topological polar surface area (TPSA) is 74.3 Å². The summed E-state index contributed by atoms with van der Waals surface area (Å²) in [6.07, 6.45) is 2.35. The highest BCUT2D eigenvalue weighted by molar-refractivity contribution is 8.00. The predicted molar refractivity (Wildman–Crippen MR) is 118 cm³/mol. The molecule has 0 fully saturated rings. The van der Waals surface area contributed by atoms with E-state index in [0.717, 1.165) is 17.7 Å². The monoisotopic (exact) mass is 440 g/mol. The third-order valence-corrected chi connectivity index (χ3v) is 5.33. The van der Waals surface area contributed by atoms with Gasteiger partial charge in [-0.1, -0.05) is 18.2 Å². The van der Waals surface area contributed by atoms with E-state index in [0.29, 0.717) is 34.7 Å². The molecular formula is C22H21FN4O3S. The van der Waals surface area contributed by atoms with Gasteiger partial charge in [-0.3, -0.25) is 9.29 Å². The Hall–Kier alpha value is -3.46. The number of ether oxygens (including phenoxy) is 2. The second-order valence-corrected chi connectivity index (χ2v) is 7.40. The zero-order valence-electron chi connectivity index (χ0n) is 17.0. The second kappa shape index (κ2) is 9.57. The van der Waals surface area contributed by atoms with Gasteiger partial charge in [0.2, 0.25) is 11.8 Å². The van der Waals surface area contributed by atoms with Gasteiger partial charge in [-0.05, 0) is 60.3 Å². The van der Waals surface area contributed by atoms with Crippen molar-refractivity contribution in [3.63, 3.8) is 0 Å². The van der Waals surface area contributed by atoms with Crippen LogP contribution < -0.4 is 14.2 Å². The largest absolute Gasteiger partial charge is 0.494 e. The van der Waals surface area contributed by atoms with E-state index in [1.54, 1.807) is 43.2 Å². The van der Waals surface area contributed by atoms with Crippen molar-refractivity contribution in [1.82, 2.24) is 14.8 Å². The first-order valence-electron chi connectivity index (χ1n) is 9.54. The molecule has 0 aliphatic rings. The zero-order chi connectivity index (χ0) is 21.6. The van der Waals surface area contributed by atoms with E-state index in [4.69, 9.17) is 13.9 Å². The molecule has 7 nitrogen and oxygen atoms in total. The number of para-hydroxylation sites is 1. The lowest BCUT2D eigenvalue weighted by Crippen LogP contribution is -2.07. The van der Waals surface area contributed by atoms with E-state index in [9.17, 15) is 4.39 Å². The maximum Gasteiger partial charge on any atom is 0.239 e. The number of furan rings is 1. The number of hydrogen-bond donors (Lipinski definition) is 1. The van der Waals surface area contributed by atoms with Crippen molar-refractivity contribution >= 4 is 17.9 Å². The summed E-state index contributed by atoms with van der Waals surface area (Å²) in [5.74, 6) is 3.28. The SMILES string of the molecule is COc1cccc(OC)c1-n1c(NSCCc2ccc(F)cc2)nnc1-c1ccco1. The average Bonchev–Trinajstić information content (AvgIpc) is 3.47. The van der Waals surface area contributed by atoms with E-state index in [2.05, 4.69) is 14.9 Å². The van der Waals surface area contributed by atoms with Crippen LogP contribution in [0.3, 0.4) is 0 Å². The number of halogens is 1. The fourth-order valence-electron chi connectivity index (χ4n) is 3.12. The highest BCUT2D eigenvalue weighted by atomic mass is 32.2. The highest BCUT2D eigenvalue weighted by Crippen LogP contribution is 2.37. The van der Waals surface area contributed by atoms with Crippen LogP contribution in [0.25, 0.3) is 17.3 Å². The average molecular weight is 441 g/mol. The number of anilines is 1. The Morgan fingerprint density at radius 3 is 2.39 bits per heavy atom. The van der Waals surface area contributed by atoms with Gasteiger partial charge in [0.15, 0.2) is 5.76 Å². The Kier molecular flexibility index (Phi) is 6.42. The minimum atomic E-state index is -0.237. The molecular weight excluding hydrogens is 419 g/mol. The molecule has 0 aliphatic carbocycles. The van der Waals surface area contributed by atoms with Crippen molar-refractivity contribution in [3.8, 4) is 28.8 Å². The maximum absolute atomic E-state index is 13.1. The summed E-state index contributed by atoms with van der Waals surface area (Å²) in [7, 11) is 3.19. The third kappa shape index (κ3) is 4.51. The molecule has 0 atom stereocenters. The van der Waals surface area contributed by atoms with Crippen molar-refractivity contribution in [2.45, 2.75) is 6.42 Å². The van der Waals surface area contributed by atoms with E-state index >= 15 is 0 Å². The van der Waals surface area contributed by atoms with Crippen molar-refractivity contribution in [2.75, 3.05) is 24.7 Å². The van der Waals surface area contributed by atoms with Crippen LogP contribution in [0.4, 0.5) is 10.3 Å². The lowest BCUT2D eigenvalue weighted by atomic mass is 10.2. The lowest BCUT2D eigenvalue weighted by molar-refractivity contribution is 0.391. The third-order valence-electron chi connectivity index (χ3n) is 4.60. The highest BCUT2D eigenvalue weighted by Gasteiger charge is 2.23. The molecule has 2 aromatic heterocycles. The number of rotatable bonds is 9. The number of nitrogens with zero attached hydrogens (tertiary/aromatic N) is 3. The van der Waals surface area contributed by atoms with Crippen LogP contribution in [0.2, 0.25) is 0 Å². The van der Waals surface area contributed by atoms with Crippen molar-refractivity contribution < 1.29 is 18.3 Å². The Bertz CT molecular complexity index is 1110. The first-order valence-corrected chi connectivity index (χ1v) is 10.5. The van der Waals surface area contributed by atoms with Gasteiger partial charge in [-0.2, -0.15) is 0 Å². The van der Waals surface area contributed by atoms with Crippen LogP contribution in [0, 0.1) is 5.82 Å². The molecule has 0 saturated carbocycles. The molecule has 0 saturated heterocycles. The summed E-state index contributed by atoms with van der Waals surface area (Å²) in [5.41, 5.74) is 1.71. The van der Waals surface area contributed by atoms with Crippen LogP contribution in [-0.2, 0) is 6.42 Å². The molecule has 0 spiro atoms. The van der Waals surface area contributed by atoms with Gasteiger partial charge in [0, 0.05) is 5.75 Å². The van der Waals surface area contributed by atoms with Crippen molar-refractivity contribution in [1.29, 1.82) is 0 Å². The smallest absolute Gasteiger partial charge is 0.239 e. The maximum atomic E-state index is 13.1. The molecule has 9 heteroatoms. The Morgan fingerprint density at radius 2 is 1.74 bits per heavy atom. The molecule has 4 aromatic rings. The molecule has 0 aliphatic heterocycles. The number of benzene rings is 2. The van der Waals surface area contributed by atoms with E-state index in [1.165, 1.54) is 24.1 Å². The van der Waals surface area contributed by atoms with E-state index in [-0.39, 0.29) is 5.82 Å². The quantitative estimate of drug-likeness (QED) is 0.290. The van der Waals surface area contributed by atoms with Gasteiger partial charge in [0.05, 0.1) is 20.5 Å². The molecule has 2 heterocycles. The van der Waals surface area contributed by atoms with Crippen LogP contribution in [0.1, 0.15) is 5.56 Å². The van der Waals surface area contributed by atoms with Gasteiger partial charge >= 0.3 is 0 Å². The van der Waals surface area contributed by atoms with Crippen LogP contribution in [0.15, 0.2) is 65.3 Å².